The van der Waals surface area contributed by atoms with Crippen LogP contribution in [-0.4, -0.2) is 12.3 Å². The van der Waals surface area contributed by atoms with Crippen LogP contribution < -0.4 is 0 Å². The lowest BCUT2D eigenvalue weighted by Crippen LogP contribution is -1.68. The predicted octanol–water partition coefficient (Wildman–Crippen LogP) is 2.63. The van der Waals surface area contributed by atoms with Gasteiger partial charge >= 0.3 is 0 Å². The van der Waals surface area contributed by atoms with Gasteiger partial charge in [-0.05, 0) is 12.3 Å². The van der Waals surface area contributed by atoms with Crippen molar-refractivity contribution in [1.82, 2.24) is 0 Å². The Morgan fingerprint density at radius 1 is 1.00 bits per heavy atom. The highest BCUT2D eigenvalue weighted by Gasteiger charge is 1.77. The fraction of sp³-hybridized carbons (Fsp3) is 0.333. The molecule has 0 aromatic heterocycles. The minimum atomic E-state index is 0.520. The molecule has 9 heavy (non-hydrogen) atoms. The van der Waals surface area contributed by atoms with Gasteiger partial charge in [-0.3, -0.25) is 0 Å². The van der Waals surface area contributed by atoms with Crippen LogP contribution in [0.15, 0.2) is 24.8 Å². The summed E-state index contributed by atoms with van der Waals surface area (Å²) in [5.74, 6) is 0. The van der Waals surface area contributed by atoms with Gasteiger partial charge in [-0.1, -0.05) is 12.2 Å². The van der Waals surface area contributed by atoms with Crippen molar-refractivity contribution >= 4 is 8.58 Å². The molecule has 0 aromatic carbocycles. The summed E-state index contributed by atoms with van der Waals surface area (Å²) in [5, 5.41) is 0. The molecule has 0 aromatic rings. The molecule has 0 atom stereocenters. The van der Waals surface area contributed by atoms with E-state index >= 15 is 0 Å². The van der Waals surface area contributed by atoms with Crippen LogP contribution in [0.4, 0.5) is 8.78 Å². The second kappa shape index (κ2) is 7.77. The third-order valence-electron chi connectivity index (χ3n) is 0.703. The van der Waals surface area contributed by atoms with Crippen LogP contribution in [0.2, 0.25) is 0 Å². The van der Waals surface area contributed by atoms with Crippen molar-refractivity contribution in [2.24, 2.45) is 0 Å². The molecule has 0 aliphatic heterocycles. The zero-order valence-corrected chi connectivity index (χ0v) is 5.98. The number of rotatable bonds is 4. The first-order chi connectivity index (χ1) is 4.41. The quantitative estimate of drug-likeness (QED) is 0.427. The molecule has 3 heteroatoms. The molecule has 0 aliphatic rings. The molecule has 0 saturated heterocycles. The van der Waals surface area contributed by atoms with Gasteiger partial charge in [0, 0.05) is 0 Å². The normalized spacial score (nSPS) is 13.1. The summed E-state index contributed by atoms with van der Waals surface area (Å²) in [6, 6.07) is 0. The monoisotopic (exact) mass is 150 g/mol. The first kappa shape index (κ1) is 8.77. The zero-order valence-electron chi connectivity index (χ0n) is 4.98. The number of allylic oxidation sites excluding steroid dienone is 2. The number of hydrogen-bond donors (Lipinski definition) is 0. The Bertz CT molecular complexity index is 87.2. The molecule has 0 heterocycles. The molecule has 0 saturated carbocycles. The van der Waals surface area contributed by atoms with E-state index in [0.717, 1.165) is 0 Å². The molecule has 0 nitrogen and oxygen atoms in total. The van der Waals surface area contributed by atoms with Gasteiger partial charge in [-0.2, -0.15) is 0 Å². The van der Waals surface area contributed by atoms with E-state index in [9.17, 15) is 8.78 Å². The Kier molecular flexibility index (Phi) is 7.57. The van der Waals surface area contributed by atoms with Crippen molar-refractivity contribution < 1.29 is 8.78 Å². The fourth-order valence-electron chi connectivity index (χ4n) is 0.339. The zero-order chi connectivity index (χ0) is 6.95. The van der Waals surface area contributed by atoms with Crippen molar-refractivity contribution in [3.8, 4) is 0 Å². The minimum absolute atomic E-state index is 0.520. The SMILES string of the molecule is FC=CCPCC=CF. The van der Waals surface area contributed by atoms with E-state index in [2.05, 4.69) is 0 Å². The molecule has 0 bridgehead atoms. The lowest BCUT2D eigenvalue weighted by atomic mass is 10.7. The van der Waals surface area contributed by atoms with Crippen molar-refractivity contribution in [1.29, 1.82) is 0 Å². The molecule has 0 spiro atoms. The van der Waals surface area contributed by atoms with E-state index in [1.807, 2.05) is 0 Å². The first-order valence-electron chi connectivity index (χ1n) is 2.63. The van der Waals surface area contributed by atoms with E-state index < -0.39 is 0 Å². The van der Waals surface area contributed by atoms with Gasteiger partial charge in [0.15, 0.2) is 0 Å². The summed E-state index contributed by atoms with van der Waals surface area (Å²) in [5.41, 5.74) is 0. The number of halogens is 2. The highest BCUT2D eigenvalue weighted by atomic mass is 31.1. The highest BCUT2D eigenvalue weighted by molar-refractivity contribution is 7.38. The standard InChI is InChI=1S/C6H9F2P/c7-3-1-5-9-6-2-4-8/h1-4,9H,5-6H2. The van der Waals surface area contributed by atoms with Gasteiger partial charge in [0.25, 0.3) is 0 Å². The highest BCUT2D eigenvalue weighted by Crippen LogP contribution is 2.08. The molecule has 0 aliphatic carbocycles. The van der Waals surface area contributed by atoms with E-state index in [1.165, 1.54) is 12.2 Å². The Balaban J connectivity index is 2.91. The van der Waals surface area contributed by atoms with Crippen molar-refractivity contribution in [3.63, 3.8) is 0 Å². The maximum absolute atomic E-state index is 11.2. The smallest absolute Gasteiger partial charge is 0.0830 e. The first-order valence-corrected chi connectivity index (χ1v) is 4.04. The third kappa shape index (κ3) is 7.77. The summed E-state index contributed by atoms with van der Waals surface area (Å²) < 4.78 is 22.5. The van der Waals surface area contributed by atoms with Crippen molar-refractivity contribution in [2.75, 3.05) is 12.3 Å². The van der Waals surface area contributed by atoms with Crippen LogP contribution >= 0.6 is 8.58 Å². The Labute approximate surface area is 55.4 Å². The summed E-state index contributed by atoms with van der Waals surface area (Å²) in [6.07, 6.45) is 5.33. The topological polar surface area (TPSA) is 0 Å². The number of hydrogen-bond acceptors (Lipinski definition) is 0. The Morgan fingerprint density at radius 2 is 1.44 bits per heavy atom. The van der Waals surface area contributed by atoms with Crippen LogP contribution in [0.3, 0.4) is 0 Å². The van der Waals surface area contributed by atoms with Gasteiger partial charge in [-0.15, -0.1) is 8.58 Å². The summed E-state index contributed by atoms with van der Waals surface area (Å²) in [4.78, 5) is 0. The van der Waals surface area contributed by atoms with Crippen molar-refractivity contribution in [2.45, 2.75) is 0 Å². The molecule has 0 unspecified atom stereocenters. The maximum Gasteiger partial charge on any atom is 0.0830 e. The Hall–Kier alpha value is -0.230. The minimum Gasteiger partial charge on any atom is -0.216 e. The molecule has 0 radical (unpaired) electrons. The summed E-state index contributed by atoms with van der Waals surface area (Å²) in [7, 11) is 0.592. The van der Waals surface area contributed by atoms with Crippen LogP contribution in [0, 0.1) is 0 Å². The second-order valence-electron chi connectivity index (χ2n) is 1.38. The lowest BCUT2D eigenvalue weighted by molar-refractivity contribution is 0.719. The molecule has 0 fully saturated rings. The van der Waals surface area contributed by atoms with Gasteiger partial charge < -0.3 is 0 Å². The molecular formula is C6H9F2P. The van der Waals surface area contributed by atoms with E-state index in [0.29, 0.717) is 33.6 Å². The predicted molar refractivity (Wildman–Crippen MR) is 38.5 cm³/mol. The van der Waals surface area contributed by atoms with Gasteiger partial charge in [-0.25, -0.2) is 8.78 Å². The van der Waals surface area contributed by atoms with Crippen molar-refractivity contribution in [3.05, 3.63) is 24.8 Å². The van der Waals surface area contributed by atoms with Crippen LogP contribution in [-0.2, 0) is 0 Å². The second-order valence-corrected chi connectivity index (χ2v) is 2.70. The fourth-order valence-corrected chi connectivity index (χ4v) is 1.02. The van der Waals surface area contributed by atoms with E-state index in [1.54, 1.807) is 0 Å². The van der Waals surface area contributed by atoms with Crippen LogP contribution in [0.1, 0.15) is 0 Å². The molecule has 0 rings (SSSR count). The van der Waals surface area contributed by atoms with Gasteiger partial charge in [0.05, 0.1) is 12.7 Å². The summed E-state index contributed by atoms with van der Waals surface area (Å²) in [6.45, 7) is 0. The largest absolute Gasteiger partial charge is 0.216 e. The third-order valence-corrected chi connectivity index (χ3v) is 1.75. The average Bonchev–Trinajstić information content (AvgIpc) is 1.89. The summed E-state index contributed by atoms with van der Waals surface area (Å²) >= 11 is 0. The molecule has 52 valence electrons. The van der Waals surface area contributed by atoms with Gasteiger partial charge in [0.2, 0.25) is 0 Å². The molecule has 0 N–H and O–H groups in total. The van der Waals surface area contributed by atoms with E-state index in [4.69, 9.17) is 0 Å². The lowest BCUT2D eigenvalue weighted by Gasteiger charge is -1.86. The molecule has 0 amide bonds. The van der Waals surface area contributed by atoms with E-state index in [-0.39, 0.29) is 0 Å². The maximum atomic E-state index is 11.2. The Morgan fingerprint density at radius 3 is 1.78 bits per heavy atom. The molecular weight excluding hydrogens is 141 g/mol. The average molecular weight is 150 g/mol. The van der Waals surface area contributed by atoms with Crippen LogP contribution in [0.25, 0.3) is 0 Å². The van der Waals surface area contributed by atoms with Gasteiger partial charge in [0.1, 0.15) is 0 Å². The van der Waals surface area contributed by atoms with Crippen LogP contribution in [0.5, 0.6) is 0 Å².